The number of aliphatic hydroxyl groups excluding tert-OH is 1. The fourth-order valence-corrected chi connectivity index (χ4v) is 4.81. The summed E-state index contributed by atoms with van der Waals surface area (Å²) in [6.45, 7) is 10.2. The van der Waals surface area contributed by atoms with E-state index < -0.39 is 6.10 Å². The number of carbonyl (C=O) groups is 1. The lowest BCUT2D eigenvalue weighted by atomic mass is 9.94. The van der Waals surface area contributed by atoms with Crippen LogP contribution in [-0.2, 0) is 22.6 Å². The quantitative estimate of drug-likeness (QED) is 0.394. The number of fused-ring (bicyclic) bond motifs is 2. The molecule has 1 aliphatic heterocycles. The number of hydrogen-bond donors (Lipinski definition) is 4. The van der Waals surface area contributed by atoms with Crippen LogP contribution in [0, 0.1) is 5.92 Å². The van der Waals surface area contributed by atoms with E-state index in [9.17, 15) is 9.90 Å². The van der Waals surface area contributed by atoms with Crippen molar-refractivity contribution in [2.75, 3.05) is 38.7 Å². The summed E-state index contributed by atoms with van der Waals surface area (Å²) in [6, 6.07) is 13.9. The lowest BCUT2D eigenvalue weighted by Gasteiger charge is -2.27. The minimum atomic E-state index is -0.728. The van der Waals surface area contributed by atoms with Crippen LogP contribution in [0.1, 0.15) is 79.4 Å². The summed E-state index contributed by atoms with van der Waals surface area (Å²) in [5.41, 5.74) is 4.89. The predicted molar refractivity (Wildman–Crippen MR) is 154 cm³/mol. The van der Waals surface area contributed by atoms with Gasteiger partial charge in [0, 0.05) is 51.2 Å². The van der Waals surface area contributed by atoms with Crippen LogP contribution in [0.3, 0.4) is 0 Å². The Morgan fingerprint density at radius 1 is 1.13 bits per heavy atom. The molecule has 0 saturated carbocycles. The number of hydrogen-bond acceptors (Lipinski definition) is 6. The zero-order chi connectivity index (χ0) is 27.3. The van der Waals surface area contributed by atoms with Gasteiger partial charge in [-0.1, -0.05) is 45.0 Å². The fourth-order valence-electron chi connectivity index (χ4n) is 4.81. The van der Waals surface area contributed by atoms with Crippen molar-refractivity contribution in [1.82, 2.24) is 10.6 Å². The van der Waals surface area contributed by atoms with Crippen LogP contribution in [0.15, 0.2) is 42.5 Å². The van der Waals surface area contributed by atoms with Crippen LogP contribution in [0.5, 0.6) is 0 Å². The lowest BCUT2D eigenvalue weighted by Crippen LogP contribution is -2.48. The van der Waals surface area contributed by atoms with Gasteiger partial charge in [-0.25, -0.2) is 0 Å². The van der Waals surface area contributed by atoms with E-state index in [1.54, 1.807) is 7.11 Å². The second-order valence-corrected chi connectivity index (χ2v) is 10.9. The molecule has 0 aromatic heterocycles. The summed E-state index contributed by atoms with van der Waals surface area (Å²) in [4.78, 5) is 13.4. The Bertz CT molecular complexity index is 997. The third kappa shape index (κ3) is 10.0. The summed E-state index contributed by atoms with van der Waals surface area (Å²) in [5.74, 6) is 0.579. The Hall–Kier alpha value is -2.45. The zero-order valence-corrected chi connectivity index (χ0v) is 23.6. The molecule has 3 atom stereocenters. The smallest absolute Gasteiger partial charge is 0.251 e. The molecule has 1 heterocycles. The second kappa shape index (κ2) is 15.8. The molecule has 0 saturated heterocycles. The van der Waals surface area contributed by atoms with Gasteiger partial charge in [0.25, 0.3) is 5.91 Å². The van der Waals surface area contributed by atoms with Crippen molar-refractivity contribution in [3.63, 3.8) is 0 Å². The third-order valence-electron chi connectivity index (χ3n) is 7.10. The first-order valence-corrected chi connectivity index (χ1v) is 14.1. The molecule has 1 aliphatic rings. The molecule has 7 heteroatoms. The molecule has 7 nitrogen and oxygen atoms in total. The summed E-state index contributed by atoms with van der Waals surface area (Å²) in [5, 5.41) is 21.2. The molecule has 2 aromatic carbocycles. The first kappa shape index (κ1) is 30.1. The molecule has 0 spiro atoms. The summed E-state index contributed by atoms with van der Waals surface area (Å²) in [6.07, 6.45) is 2.81. The monoisotopic (exact) mass is 525 g/mol. The van der Waals surface area contributed by atoms with Gasteiger partial charge in [0.15, 0.2) is 0 Å². The molecule has 210 valence electrons. The van der Waals surface area contributed by atoms with Gasteiger partial charge in [-0.05, 0) is 72.4 Å². The van der Waals surface area contributed by atoms with Crippen LogP contribution in [0.4, 0.5) is 5.69 Å². The van der Waals surface area contributed by atoms with Gasteiger partial charge in [0.05, 0.1) is 18.8 Å². The number of carbonyl (C=O) groups excluding carboxylic acids is 1. The van der Waals surface area contributed by atoms with E-state index in [1.165, 1.54) is 11.1 Å². The Balaban J connectivity index is 1.72. The molecule has 1 amide bonds. The maximum atomic E-state index is 13.4. The molecule has 0 fully saturated rings. The predicted octanol–water partition coefficient (Wildman–Crippen LogP) is 4.84. The number of aliphatic hydroxyl groups is 1. The molecule has 3 rings (SSSR count). The Morgan fingerprint density at radius 2 is 1.97 bits per heavy atom. The molecule has 0 aliphatic carbocycles. The van der Waals surface area contributed by atoms with Gasteiger partial charge in [0.1, 0.15) is 0 Å². The van der Waals surface area contributed by atoms with Gasteiger partial charge >= 0.3 is 0 Å². The number of amides is 1. The van der Waals surface area contributed by atoms with E-state index in [-0.39, 0.29) is 11.9 Å². The molecule has 0 radical (unpaired) electrons. The van der Waals surface area contributed by atoms with Crippen molar-refractivity contribution in [3.8, 4) is 0 Å². The molecule has 38 heavy (non-hydrogen) atoms. The maximum Gasteiger partial charge on any atom is 0.251 e. The summed E-state index contributed by atoms with van der Waals surface area (Å²) >= 11 is 0. The molecular weight excluding hydrogens is 478 g/mol. The first-order valence-electron chi connectivity index (χ1n) is 14.1. The standard InChI is InChI=1S/C31H47N3O4/c1-22(2)26-9-7-8-24(15-26)19-32-20-30(35)29-14-23(3)10-13-38-12-6-5-11-33-28-17-25(21-37-4)16-27(18-28)31(36)34-29/h7-9,15-18,22-23,29-30,32-33,35H,5-6,10-14,19-21H2,1-4H3,(H,34,36)/t23-,29+,30-/m1/s1. The van der Waals surface area contributed by atoms with Crippen molar-refractivity contribution in [2.24, 2.45) is 5.92 Å². The zero-order valence-electron chi connectivity index (χ0n) is 23.6. The van der Waals surface area contributed by atoms with Gasteiger partial charge in [-0.2, -0.15) is 0 Å². The van der Waals surface area contributed by atoms with E-state index in [0.29, 0.717) is 50.1 Å². The first-order chi connectivity index (χ1) is 18.4. The normalized spacial score (nSPS) is 20.5. The van der Waals surface area contributed by atoms with Gasteiger partial charge in [0.2, 0.25) is 0 Å². The van der Waals surface area contributed by atoms with E-state index in [0.717, 1.165) is 43.7 Å². The highest BCUT2D eigenvalue weighted by Crippen LogP contribution is 2.19. The van der Waals surface area contributed by atoms with Crippen LogP contribution < -0.4 is 16.0 Å². The fraction of sp³-hybridized carbons (Fsp3) is 0.581. The van der Waals surface area contributed by atoms with Crippen molar-refractivity contribution in [2.45, 2.75) is 77.7 Å². The van der Waals surface area contributed by atoms with Gasteiger partial charge in [-0.3, -0.25) is 4.79 Å². The molecule has 0 unspecified atom stereocenters. The molecule has 4 N–H and O–H groups in total. The minimum absolute atomic E-state index is 0.185. The Labute approximate surface area is 228 Å². The highest BCUT2D eigenvalue weighted by molar-refractivity contribution is 5.95. The van der Waals surface area contributed by atoms with Crippen molar-refractivity contribution in [3.05, 3.63) is 64.7 Å². The number of rotatable bonds is 8. The summed E-state index contributed by atoms with van der Waals surface area (Å²) < 4.78 is 11.2. The Morgan fingerprint density at radius 3 is 2.76 bits per heavy atom. The average Bonchev–Trinajstić information content (AvgIpc) is 2.89. The van der Waals surface area contributed by atoms with Crippen LogP contribution in [0.25, 0.3) is 0 Å². The van der Waals surface area contributed by atoms with E-state index >= 15 is 0 Å². The number of ether oxygens (including phenoxy) is 2. The summed E-state index contributed by atoms with van der Waals surface area (Å²) in [7, 11) is 1.65. The Kier molecular flexibility index (Phi) is 12.5. The lowest BCUT2D eigenvalue weighted by molar-refractivity contribution is 0.0763. The van der Waals surface area contributed by atoms with Crippen molar-refractivity contribution in [1.29, 1.82) is 0 Å². The van der Waals surface area contributed by atoms with Crippen LogP contribution in [0.2, 0.25) is 0 Å². The van der Waals surface area contributed by atoms with Crippen molar-refractivity contribution < 1.29 is 19.4 Å². The highest BCUT2D eigenvalue weighted by Gasteiger charge is 2.24. The van der Waals surface area contributed by atoms with Crippen LogP contribution >= 0.6 is 0 Å². The van der Waals surface area contributed by atoms with Gasteiger partial charge in [-0.15, -0.1) is 0 Å². The molecule has 2 aromatic rings. The average molecular weight is 526 g/mol. The minimum Gasteiger partial charge on any atom is -0.390 e. The number of benzene rings is 2. The number of anilines is 1. The number of methoxy groups -OCH3 is 1. The topological polar surface area (TPSA) is 91.9 Å². The highest BCUT2D eigenvalue weighted by atomic mass is 16.5. The SMILES string of the molecule is COCc1cc2cc(c1)C(=O)N[C@H]([C@H](O)CNCc1cccc(C(C)C)c1)C[C@H](C)CCOCCCCN2. The van der Waals surface area contributed by atoms with Crippen molar-refractivity contribution >= 4 is 11.6 Å². The number of nitrogens with one attached hydrogen (secondary N) is 3. The second-order valence-electron chi connectivity index (χ2n) is 10.9. The molecular formula is C31H47N3O4. The third-order valence-corrected chi connectivity index (χ3v) is 7.10. The van der Waals surface area contributed by atoms with E-state index in [4.69, 9.17) is 9.47 Å². The van der Waals surface area contributed by atoms with Gasteiger partial charge < -0.3 is 30.5 Å². The molecule has 2 bridgehead atoms. The van der Waals surface area contributed by atoms with E-state index in [1.807, 2.05) is 18.2 Å². The largest absolute Gasteiger partial charge is 0.390 e. The van der Waals surface area contributed by atoms with Crippen LogP contribution in [-0.4, -0.2) is 56.6 Å². The van der Waals surface area contributed by atoms with E-state index in [2.05, 4.69) is 61.0 Å². The maximum absolute atomic E-state index is 13.4.